The molecule has 20 heavy (non-hydrogen) atoms. The van der Waals surface area contributed by atoms with E-state index in [1.54, 1.807) is 6.07 Å². The van der Waals surface area contributed by atoms with Gasteiger partial charge in [-0.3, -0.25) is 9.69 Å². The van der Waals surface area contributed by atoms with Gasteiger partial charge in [-0.15, -0.1) is 0 Å². The van der Waals surface area contributed by atoms with E-state index < -0.39 is 11.5 Å². The van der Waals surface area contributed by atoms with E-state index in [0.717, 1.165) is 0 Å². The normalized spacial score (nSPS) is 22.9. The molecule has 1 aromatic carbocycles. The average molecular weight is 301 g/mol. The second kappa shape index (κ2) is 5.47. The molecular weight excluding hydrogens is 284 g/mol. The first-order valence-corrected chi connectivity index (χ1v) is 6.53. The molecule has 1 unspecified atom stereocenters. The van der Waals surface area contributed by atoms with Crippen molar-refractivity contribution in [1.82, 2.24) is 4.90 Å². The average Bonchev–Trinajstić information content (AvgIpc) is 2.76. The summed E-state index contributed by atoms with van der Waals surface area (Å²) < 4.78 is 5.04. The summed E-state index contributed by atoms with van der Waals surface area (Å²) in [6.07, 6.45) is 0.376. The minimum absolute atomic E-state index is 0.0155. The van der Waals surface area contributed by atoms with Crippen molar-refractivity contribution in [2.75, 3.05) is 20.2 Å². The van der Waals surface area contributed by atoms with Gasteiger partial charge in [-0.25, -0.2) is 0 Å². The molecule has 1 aliphatic rings. The predicted molar refractivity (Wildman–Crippen MR) is 74.1 cm³/mol. The predicted octanol–water partition coefficient (Wildman–Crippen LogP) is 1.04. The number of aliphatic carboxylic acids is 1. The van der Waals surface area contributed by atoms with Crippen LogP contribution < -0.4 is 10.5 Å². The van der Waals surface area contributed by atoms with E-state index in [2.05, 4.69) is 0 Å². The lowest BCUT2D eigenvalue weighted by atomic mass is 10.0. The van der Waals surface area contributed by atoms with Crippen molar-refractivity contribution in [2.45, 2.75) is 18.5 Å². The van der Waals surface area contributed by atoms with Crippen molar-refractivity contribution < 1.29 is 19.7 Å². The first-order valence-electron chi connectivity index (χ1n) is 6.16. The van der Waals surface area contributed by atoms with Gasteiger partial charge < -0.3 is 20.7 Å². The van der Waals surface area contributed by atoms with Crippen LogP contribution in [-0.4, -0.2) is 46.8 Å². The van der Waals surface area contributed by atoms with Crippen LogP contribution in [0, 0.1) is 0 Å². The van der Waals surface area contributed by atoms with Crippen molar-refractivity contribution in [3.05, 3.63) is 22.7 Å². The lowest BCUT2D eigenvalue weighted by molar-refractivity contribution is -0.142. The van der Waals surface area contributed by atoms with E-state index in [-0.39, 0.29) is 12.3 Å². The number of likely N-dealkylation sites (tertiary alicyclic amines) is 1. The highest BCUT2D eigenvalue weighted by Gasteiger charge is 2.41. The largest absolute Gasteiger partial charge is 0.504 e. The van der Waals surface area contributed by atoms with E-state index in [9.17, 15) is 9.90 Å². The van der Waals surface area contributed by atoms with Gasteiger partial charge in [0.25, 0.3) is 0 Å². The van der Waals surface area contributed by atoms with Gasteiger partial charge in [0.05, 0.1) is 7.11 Å². The first kappa shape index (κ1) is 14.9. The zero-order valence-corrected chi connectivity index (χ0v) is 11.9. The summed E-state index contributed by atoms with van der Waals surface area (Å²) in [4.78, 5) is 13.0. The zero-order valence-electron chi connectivity index (χ0n) is 11.1. The number of carboxylic acid groups (broad SMARTS) is 1. The maximum absolute atomic E-state index is 11.1. The van der Waals surface area contributed by atoms with E-state index in [1.807, 2.05) is 4.90 Å². The number of hydrogen-bond donors (Lipinski definition) is 3. The molecule has 1 saturated heterocycles. The van der Waals surface area contributed by atoms with Crippen molar-refractivity contribution in [3.8, 4) is 11.5 Å². The minimum atomic E-state index is -1.22. The quantitative estimate of drug-likeness (QED) is 0.769. The third-order valence-electron chi connectivity index (χ3n) is 3.54. The molecule has 0 radical (unpaired) electrons. The molecule has 1 aliphatic heterocycles. The molecule has 1 heterocycles. The number of phenols is 1. The third kappa shape index (κ3) is 2.82. The zero-order chi connectivity index (χ0) is 14.9. The van der Waals surface area contributed by atoms with E-state index >= 15 is 0 Å². The molecule has 0 aliphatic carbocycles. The molecule has 4 N–H and O–H groups in total. The molecule has 1 aromatic rings. The van der Waals surface area contributed by atoms with Crippen LogP contribution in [0.25, 0.3) is 0 Å². The number of ether oxygens (including phenoxy) is 1. The number of halogens is 1. The summed E-state index contributed by atoms with van der Waals surface area (Å²) in [7, 11) is 1.44. The number of aromatic hydroxyl groups is 1. The van der Waals surface area contributed by atoms with Crippen molar-refractivity contribution in [2.24, 2.45) is 5.73 Å². The lowest BCUT2D eigenvalue weighted by Crippen LogP contribution is -2.50. The first-order chi connectivity index (χ1) is 9.35. The number of phenolic OH excluding ortho intramolecular Hbond substituents is 1. The fourth-order valence-electron chi connectivity index (χ4n) is 2.37. The van der Waals surface area contributed by atoms with Gasteiger partial charge >= 0.3 is 5.97 Å². The van der Waals surface area contributed by atoms with Crippen LogP contribution in [0.1, 0.15) is 12.0 Å². The van der Waals surface area contributed by atoms with E-state index in [0.29, 0.717) is 35.8 Å². The molecule has 6 nitrogen and oxygen atoms in total. The summed E-state index contributed by atoms with van der Waals surface area (Å²) in [5.74, 6) is -0.696. The highest BCUT2D eigenvalue weighted by Crippen LogP contribution is 2.35. The standard InChI is InChI=1S/C13H17ClN2O4/c1-20-10-5-9(14)4-8(11(10)17)6-16-3-2-13(15,7-16)12(18)19/h4-5,17H,2-3,6-7,15H2,1H3,(H,18,19). The van der Waals surface area contributed by atoms with Gasteiger partial charge in [0, 0.05) is 36.3 Å². The Balaban J connectivity index is 2.16. The van der Waals surface area contributed by atoms with Crippen LogP contribution in [0.4, 0.5) is 0 Å². The Labute approximate surface area is 121 Å². The molecule has 0 bridgehead atoms. The van der Waals surface area contributed by atoms with Crippen LogP contribution in [0.5, 0.6) is 11.5 Å². The maximum Gasteiger partial charge on any atom is 0.325 e. The summed E-state index contributed by atoms with van der Waals surface area (Å²) in [6, 6.07) is 3.16. The summed E-state index contributed by atoms with van der Waals surface area (Å²) >= 11 is 5.96. The maximum atomic E-state index is 11.1. The van der Waals surface area contributed by atoms with Gasteiger partial charge in [0.2, 0.25) is 0 Å². The van der Waals surface area contributed by atoms with Crippen LogP contribution in [-0.2, 0) is 11.3 Å². The molecule has 0 spiro atoms. The van der Waals surface area contributed by atoms with E-state index in [4.69, 9.17) is 27.2 Å². The fraction of sp³-hybridized carbons (Fsp3) is 0.462. The lowest BCUT2D eigenvalue weighted by Gasteiger charge is -2.21. The monoisotopic (exact) mass is 300 g/mol. The van der Waals surface area contributed by atoms with E-state index in [1.165, 1.54) is 13.2 Å². The van der Waals surface area contributed by atoms with Crippen molar-refractivity contribution in [3.63, 3.8) is 0 Å². The topological polar surface area (TPSA) is 96.0 Å². The molecule has 2 rings (SSSR count). The molecule has 0 amide bonds. The Morgan fingerprint density at radius 1 is 1.60 bits per heavy atom. The Hall–Kier alpha value is -1.50. The summed E-state index contributed by atoms with van der Waals surface area (Å²) in [5, 5.41) is 19.6. The van der Waals surface area contributed by atoms with Crippen molar-refractivity contribution in [1.29, 1.82) is 0 Å². The van der Waals surface area contributed by atoms with Crippen LogP contribution in [0.2, 0.25) is 5.02 Å². The number of carbonyl (C=O) groups is 1. The molecule has 110 valence electrons. The van der Waals surface area contributed by atoms with Crippen LogP contribution in [0.15, 0.2) is 12.1 Å². The smallest absolute Gasteiger partial charge is 0.325 e. The number of rotatable bonds is 4. The van der Waals surface area contributed by atoms with Gasteiger partial charge in [0.15, 0.2) is 11.5 Å². The van der Waals surface area contributed by atoms with Gasteiger partial charge in [-0.2, -0.15) is 0 Å². The molecule has 1 fully saturated rings. The Kier molecular flexibility index (Phi) is 4.08. The Morgan fingerprint density at radius 2 is 2.30 bits per heavy atom. The minimum Gasteiger partial charge on any atom is -0.504 e. The number of benzene rings is 1. The van der Waals surface area contributed by atoms with Gasteiger partial charge in [0.1, 0.15) is 5.54 Å². The molecule has 7 heteroatoms. The number of methoxy groups -OCH3 is 1. The number of carboxylic acids is 1. The highest BCUT2D eigenvalue weighted by molar-refractivity contribution is 6.30. The fourth-order valence-corrected chi connectivity index (χ4v) is 2.60. The number of nitrogens with two attached hydrogens (primary N) is 1. The SMILES string of the molecule is COc1cc(Cl)cc(CN2CCC(N)(C(=O)O)C2)c1O. The van der Waals surface area contributed by atoms with Crippen LogP contribution >= 0.6 is 11.6 Å². The Morgan fingerprint density at radius 3 is 2.85 bits per heavy atom. The summed E-state index contributed by atoms with van der Waals surface area (Å²) in [5.41, 5.74) is 5.18. The number of nitrogens with zero attached hydrogens (tertiary/aromatic N) is 1. The van der Waals surface area contributed by atoms with Gasteiger partial charge in [-0.05, 0) is 12.5 Å². The second-order valence-corrected chi connectivity index (χ2v) is 5.47. The molecular formula is C13H17ClN2O4. The van der Waals surface area contributed by atoms with Gasteiger partial charge in [-0.1, -0.05) is 11.6 Å². The second-order valence-electron chi connectivity index (χ2n) is 5.04. The summed E-state index contributed by atoms with van der Waals surface area (Å²) in [6.45, 7) is 1.16. The Bertz CT molecular complexity index is 537. The van der Waals surface area contributed by atoms with Crippen LogP contribution in [0.3, 0.4) is 0 Å². The molecule has 1 atom stereocenters. The number of hydrogen-bond acceptors (Lipinski definition) is 5. The van der Waals surface area contributed by atoms with Crippen molar-refractivity contribution >= 4 is 17.6 Å². The molecule has 0 saturated carbocycles. The third-order valence-corrected chi connectivity index (χ3v) is 3.76. The molecule has 0 aromatic heterocycles. The highest BCUT2D eigenvalue weighted by atomic mass is 35.5.